The molecule has 3 rings (SSSR count). The Morgan fingerprint density at radius 3 is 2.27 bits per heavy atom. The molecule has 1 amide bonds. The fourth-order valence-electron chi connectivity index (χ4n) is 3.21. The Balaban J connectivity index is 0.00000225. The van der Waals surface area contributed by atoms with Crippen LogP contribution in [0.5, 0.6) is 11.6 Å². The number of hydrogen-bond acceptors (Lipinski definition) is 4. The molecule has 0 unspecified atom stereocenters. The van der Waals surface area contributed by atoms with Gasteiger partial charge in [-0.3, -0.25) is 4.79 Å². The number of halogens is 5. The highest BCUT2D eigenvalue weighted by molar-refractivity contribution is 5.94. The van der Waals surface area contributed by atoms with Gasteiger partial charge in [-0.05, 0) is 62.7 Å². The molecule has 1 fully saturated rings. The monoisotopic (exact) mass is 465 g/mol. The second-order valence-corrected chi connectivity index (χ2v) is 6.80. The quantitative estimate of drug-likeness (QED) is 0.688. The van der Waals surface area contributed by atoms with Crippen LogP contribution in [0.15, 0.2) is 42.6 Å². The van der Waals surface area contributed by atoms with E-state index >= 15 is 0 Å². The molecular formula is C20H24Cl2F3N3O2. The van der Waals surface area contributed by atoms with Gasteiger partial charge in [0.2, 0.25) is 5.88 Å². The van der Waals surface area contributed by atoms with Gasteiger partial charge in [-0.25, -0.2) is 4.98 Å². The standard InChI is InChI=1S/C20H22F3N3O2.2ClH/c1-24-12-14-8-10-26(11-9-14)19(27)15-2-5-17(6-3-15)28-18-7-4-16(13-25-18)20(21,22)23;;/h2-7,13-14,24H,8-12H2,1H3;2*1H. The van der Waals surface area contributed by atoms with Crippen LogP contribution in [0.3, 0.4) is 0 Å². The fraction of sp³-hybridized carbons (Fsp3) is 0.400. The Morgan fingerprint density at radius 1 is 1.13 bits per heavy atom. The molecule has 1 aromatic carbocycles. The summed E-state index contributed by atoms with van der Waals surface area (Å²) >= 11 is 0. The van der Waals surface area contributed by atoms with Gasteiger partial charge in [-0.2, -0.15) is 13.2 Å². The number of carbonyl (C=O) groups excluding carboxylic acids is 1. The van der Waals surface area contributed by atoms with Gasteiger partial charge in [0.15, 0.2) is 0 Å². The molecule has 0 radical (unpaired) electrons. The molecule has 2 aromatic rings. The molecule has 1 aliphatic heterocycles. The van der Waals surface area contributed by atoms with Crippen molar-refractivity contribution < 1.29 is 22.7 Å². The Hall–Kier alpha value is -2.03. The molecular weight excluding hydrogens is 442 g/mol. The number of ether oxygens (including phenoxy) is 1. The van der Waals surface area contributed by atoms with Crippen molar-refractivity contribution in [2.24, 2.45) is 5.92 Å². The predicted molar refractivity (Wildman–Crippen MR) is 113 cm³/mol. The van der Waals surface area contributed by atoms with Crippen LogP contribution < -0.4 is 10.1 Å². The second kappa shape index (κ2) is 11.4. The molecule has 5 nitrogen and oxygen atoms in total. The van der Waals surface area contributed by atoms with Crippen molar-refractivity contribution >= 4 is 30.7 Å². The van der Waals surface area contributed by atoms with Crippen LogP contribution >= 0.6 is 24.8 Å². The van der Waals surface area contributed by atoms with Gasteiger partial charge in [0.1, 0.15) is 5.75 Å². The molecule has 1 aromatic heterocycles. The maximum absolute atomic E-state index is 12.6. The van der Waals surface area contributed by atoms with Crippen LogP contribution in [0.2, 0.25) is 0 Å². The highest BCUT2D eigenvalue weighted by atomic mass is 35.5. The third-order valence-electron chi connectivity index (χ3n) is 4.78. The third kappa shape index (κ3) is 6.75. The van der Waals surface area contributed by atoms with Crippen LogP contribution in [-0.4, -0.2) is 42.5 Å². The van der Waals surface area contributed by atoms with Crippen molar-refractivity contribution in [1.29, 1.82) is 0 Å². The van der Waals surface area contributed by atoms with Gasteiger partial charge in [0.05, 0.1) is 5.56 Å². The van der Waals surface area contributed by atoms with Crippen molar-refractivity contribution in [3.05, 3.63) is 53.7 Å². The Bertz CT molecular complexity index is 794. The molecule has 0 saturated carbocycles. The van der Waals surface area contributed by atoms with Crippen LogP contribution in [-0.2, 0) is 6.18 Å². The van der Waals surface area contributed by atoms with Crippen molar-refractivity contribution in [3.63, 3.8) is 0 Å². The lowest BCUT2D eigenvalue weighted by Crippen LogP contribution is -2.40. The number of benzene rings is 1. The second-order valence-electron chi connectivity index (χ2n) is 6.80. The van der Waals surface area contributed by atoms with Gasteiger partial charge < -0.3 is 15.0 Å². The topological polar surface area (TPSA) is 54.5 Å². The Kier molecular flexibility index (Phi) is 9.87. The van der Waals surface area contributed by atoms with Crippen LogP contribution in [0.25, 0.3) is 0 Å². The first-order valence-corrected chi connectivity index (χ1v) is 9.12. The average Bonchev–Trinajstić information content (AvgIpc) is 2.69. The number of rotatable bonds is 5. The molecule has 30 heavy (non-hydrogen) atoms. The minimum Gasteiger partial charge on any atom is -0.439 e. The summed E-state index contributed by atoms with van der Waals surface area (Å²) in [6, 6.07) is 8.61. The third-order valence-corrected chi connectivity index (χ3v) is 4.78. The van der Waals surface area contributed by atoms with E-state index in [0.717, 1.165) is 50.8 Å². The van der Waals surface area contributed by atoms with E-state index in [-0.39, 0.29) is 36.6 Å². The van der Waals surface area contributed by atoms with Crippen LogP contribution in [0.1, 0.15) is 28.8 Å². The Morgan fingerprint density at radius 2 is 1.77 bits per heavy atom. The van der Waals surface area contributed by atoms with E-state index in [9.17, 15) is 18.0 Å². The van der Waals surface area contributed by atoms with Crippen LogP contribution in [0.4, 0.5) is 13.2 Å². The molecule has 0 spiro atoms. The zero-order chi connectivity index (χ0) is 20.1. The van der Waals surface area contributed by atoms with Gasteiger partial charge in [-0.15, -0.1) is 24.8 Å². The van der Waals surface area contributed by atoms with E-state index in [4.69, 9.17) is 4.74 Å². The number of likely N-dealkylation sites (tertiary alicyclic amines) is 1. The Labute approximate surface area is 185 Å². The van der Waals surface area contributed by atoms with E-state index < -0.39 is 11.7 Å². The van der Waals surface area contributed by atoms with Crippen molar-refractivity contribution in [1.82, 2.24) is 15.2 Å². The summed E-state index contributed by atoms with van der Waals surface area (Å²) in [7, 11) is 1.93. The average molecular weight is 466 g/mol. The lowest BCUT2D eigenvalue weighted by Gasteiger charge is -2.32. The van der Waals surface area contributed by atoms with E-state index in [1.54, 1.807) is 24.3 Å². The minimum absolute atomic E-state index is 0. The fourth-order valence-corrected chi connectivity index (χ4v) is 3.21. The van der Waals surface area contributed by atoms with E-state index in [1.807, 2.05) is 11.9 Å². The van der Waals surface area contributed by atoms with Gasteiger partial charge in [0.25, 0.3) is 5.91 Å². The zero-order valence-corrected chi connectivity index (χ0v) is 17.9. The highest BCUT2D eigenvalue weighted by Crippen LogP contribution is 2.30. The lowest BCUT2D eigenvalue weighted by atomic mass is 9.96. The van der Waals surface area contributed by atoms with Crippen molar-refractivity contribution in [3.8, 4) is 11.6 Å². The summed E-state index contributed by atoms with van der Waals surface area (Å²) in [5.74, 6) is 1.03. The first kappa shape index (κ1) is 26.0. The molecule has 1 aliphatic rings. The van der Waals surface area contributed by atoms with Gasteiger partial charge in [0, 0.05) is 30.9 Å². The minimum atomic E-state index is -4.44. The summed E-state index contributed by atoms with van der Waals surface area (Å²) in [6.07, 6.45) is -1.75. The van der Waals surface area contributed by atoms with Crippen LogP contribution in [0, 0.1) is 5.92 Å². The molecule has 0 aliphatic carbocycles. The van der Waals surface area contributed by atoms with E-state index in [0.29, 0.717) is 17.2 Å². The highest BCUT2D eigenvalue weighted by Gasteiger charge is 2.30. The summed E-state index contributed by atoms with van der Waals surface area (Å²) in [5, 5.41) is 3.17. The predicted octanol–water partition coefficient (Wildman–Crippen LogP) is 4.81. The number of piperidine rings is 1. The molecule has 0 atom stereocenters. The number of nitrogens with zero attached hydrogens (tertiary/aromatic N) is 2. The number of hydrogen-bond donors (Lipinski definition) is 1. The smallest absolute Gasteiger partial charge is 0.417 e. The number of alkyl halides is 3. The molecule has 1 saturated heterocycles. The zero-order valence-electron chi connectivity index (χ0n) is 16.3. The van der Waals surface area contributed by atoms with E-state index in [1.165, 1.54) is 0 Å². The summed E-state index contributed by atoms with van der Waals surface area (Å²) in [5.41, 5.74) is -0.279. The number of pyridine rings is 1. The molecule has 10 heteroatoms. The lowest BCUT2D eigenvalue weighted by molar-refractivity contribution is -0.137. The molecule has 2 heterocycles. The summed E-state index contributed by atoms with van der Waals surface area (Å²) in [6.45, 7) is 2.43. The molecule has 166 valence electrons. The van der Waals surface area contributed by atoms with Gasteiger partial charge in [-0.1, -0.05) is 0 Å². The maximum Gasteiger partial charge on any atom is 0.417 e. The normalized spacial score (nSPS) is 14.5. The first-order valence-electron chi connectivity index (χ1n) is 9.12. The van der Waals surface area contributed by atoms with Gasteiger partial charge >= 0.3 is 6.18 Å². The van der Waals surface area contributed by atoms with E-state index in [2.05, 4.69) is 10.3 Å². The number of nitrogens with one attached hydrogen (secondary N) is 1. The summed E-state index contributed by atoms with van der Waals surface area (Å²) in [4.78, 5) is 18.1. The largest absolute Gasteiger partial charge is 0.439 e. The number of carbonyl (C=O) groups is 1. The SMILES string of the molecule is CNCC1CCN(C(=O)c2ccc(Oc3ccc(C(F)(F)F)cn3)cc2)CC1.Cl.Cl. The summed E-state index contributed by atoms with van der Waals surface area (Å²) < 4.78 is 43.1. The van der Waals surface area contributed by atoms with Crippen molar-refractivity contribution in [2.75, 3.05) is 26.7 Å². The number of aromatic nitrogens is 1. The first-order chi connectivity index (χ1) is 13.4. The molecule has 0 bridgehead atoms. The maximum atomic E-state index is 12.6. The van der Waals surface area contributed by atoms with Crippen molar-refractivity contribution in [2.45, 2.75) is 19.0 Å². The molecule has 1 N–H and O–H groups in total. The number of amides is 1.